The first-order chi connectivity index (χ1) is 7.35. The Balaban J connectivity index is 2.61. The number of amides is 1. The Morgan fingerprint density at radius 3 is 2.75 bits per heavy atom. The van der Waals surface area contributed by atoms with E-state index in [-0.39, 0.29) is 11.5 Å². The van der Waals surface area contributed by atoms with Gasteiger partial charge in [-0.25, -0.2) is 4.79 Å². The first-order valence-electron chi connectivity index (χ1n) is 5.64. The van der Waals surface area contributed by atoms with Crippen molar-refractivity contribution < 1.29 is 14.6 Å². The van der Waals surface area contributed by atoms with Gasteiger partial charge in [0.05, 0.1) is 6.10 Å². The number of rotatable bonds is 2. The molecule has 1 heterocycles. The Labute approximate surface area is 101 Å². The highest BCUT2D eigenvalue weighted by atomic mass is 32.2. The highest BCUT2D eigenvalue weighted by Crippen LogP contribution is 2.29. The maximum Gasteiger partial charge on any atom is 0.411 e. The summed E-state index contributed by atoms with van der Waals surface area (Å²) in [7, 11) is 0. The van der Waals surface area contributed by atoms with Crippen LogP contribution in [0.1, 0.15) is 34.1 Å². The molecule has 1 aliphatic rings. The molecule has 0 aromatic carbocycles. The third kappa shape index (κ3) is 3.56. The first-order valence-corrected chi connectivity index (χ1v) is 6.69. The number of carbonyl (C=O) groups is 1. The Hall–Kier alpha value is -0.420. The summed E-state index contributed by atoms with van der Waals surface area (Å²) in [4.78, 5) is 13.5. The lowest BCUT2D eigenvalue weighted by atomic mass is 10.2. The molecule has 0 aliphatic carbocycles. The minimum Gasteiger partial charge on any atom is -0.444 e. The Morgan fingerprint density at radius 2 is 2.25 bits per heavy atom. The van der Waals surface area contributed by atoms with E-state index < -0.39 is 11.7 Å². The molecule has 1 N–H and O–H groups in total. The maximum absolute atomic E-state index is 11.9. The fourth-order valence-electron chi connectivity index (χ4n) is 1.53. The Kier molecular flexibility index (Phi) is 4.50. The molecule has 0 aromatic rings. The third-order valence-electron chi connectivity index (χ3n) is 2.30. The number of carbonyl (C=O) groups excluding carboxylic acids is 1. The molecular weight excluding hydrogens is 226 g/mol. The Bertz CT molecular complexity index is 252. The van der Waals surface area contributed by atoms with Gasteiger partial charge in [-0.15, -0.1) is 11.8 Å². The van der Waals surface area contributed by atoms with Gasteiger partial charge < -0.3 is 9.84 Å². The lowest BCUT2D eigenvalue weighted by Gasteiger charge is -2.29. The van der Waals surface area contributed by atoms with Gasteiger partial charge in [0.1, 0.15) is 11.0 Å². The molecule has 0 radical (unpaired) electrons. The van der Waals surface area contributed by atoms with Crippen LogP contribution >= 0.6 is 11.8 Å². The van der Waals surface area contributed by atoms with Crippen LogP contribution in [0, 0.1) is 0 Å². The number of hydrogen-bond acceptors (Lipinski definition) is 4. The van der Waals surface area contributed by atoms with E-state index >= 15 is 0 Å². The SMILES string of the molecule is CC[C@H](O)[C@@H]1SCCN1C(=O)OC(C)(C)C. The largest absolute Gasteiger partial charge is 0.444 e. The molecule has 4 nitrogen and oxygen atoms in total. The van der Waals surface area contributed by atoms with Gasteiger partial charge >= 0.3 is 6.09 Å². The van der Waals surface area contributed by atoms with Gasteiger partial charge in [-0.1, -0.05) is 6.92 Å². The smallest absolute Gasteiger partial charge is 0.411 e. The van der Waals surface area contributed by atoms with E-state index in [0.29, 0.717) is 13.0 Å². The molecule has 16 heavy (non-hydrogen) atoms. The second kappa shape index (κ2) is 5.27. The van der Waals surface area contributed by atoms with Gasteiger partial charge in [-0.2, -0.15) is 0 Å². The topological polar surface area (TPSA) is 49.8 Å². The molecule has 0 unspecified atom stereocenters. The highest BCUT2D eigenvalue weighted by Gasteiger charge is 2.36. The van der Waals surface area contributed by atoms with Crippen LogP contribution in [0.25, 0.3) is 0 Å². The van der Waals surface area contributed by atoms with Crippen molar-refractivity contribution in [2.45, 2.75) is 51.2 Å². The molecule has 0 bridgehead atoms. The maximum atomic E-state index is 11.9. The molecule has 5 heteroatoms. The van der Waals surface area contributed by atoms with E-state index in [4.69, 9.17) is 4.74 Å². The normalized spacial score (nSPS) is 23.3. The number of aliphatic hydroxyl groups is 1. The predicted molar refractivity (Wildman–Crippen MR) is 65.5 cm³/mol. The number of thioether (sulfide) groups is 1. The van der Waals surface area contributed by atoms with Crippen LogP contribution in [-0.2, 0) is 4.74 Å². The minimum atomic E-state index is -0.480. The van der Waals surface area contributed by atoms with Crippen molar-refractivity contribution in [1.82, 2.24) is 4.90 Å². The molecular formula is C11H21NO3S. The summed E-state index contributed by atoms with van der Waals surface area (Å²) in [6.45, 7) is 8.11. The molecule has 0 spiro atoms. The standard InChI is InChI=1S/C11H21NO3S/c1-5-8(13)9-12(6-7-16-9)10(14)15-11(2,3)4/h8-9,13H,5-7H2,1-4H3/t8-,9-/m0/s1. The van der Waals surface area contributed by atoms with E-state index in [1.807, 2.05) is 27.7 Å². The molecule has 94 valence electrons. The molecule has 0 aromatic heterocycles. The van der Waals surface area contributed by atoms with E-state index in [0.717, 1.165) is 5.75 Å². The van der Waals surface area contributed by atoms with Crippen LogP contribution in [0.4, 0.5) is 4.79 Å². The van der Waals surface area contributed by atoms with E-state index in [9.17, 15) is 9.90 Å². The van der Waals surface area contributed by atoms with E-state index in [1.54, 1.807) is 16.7 Å². The first kappa shape index (κ1) is 13.6. The van der Waals surface area contributed by atoms with Crippen LogP contribution in [0.5, 0.6) is 0 Å². The Morgan fingerprint density at radius 1 is 1.62 bits per heavy atom. The summed E-state index contributed by atoms with van der Waals surface area (Å²) in [5, 5.41) is 9.65. The van der Waals surface area contributed by atoms with Gasteiger partial charge in [0, 0.05) is 12.3 Å². The average molecular weight is 247 g/mol. The van der Waals surface area contributed by atoms with Crippen LogP contribution in [-0.4, -0.2) is 45.5 Å². The minimum absolute atomic E-state index is 0.153. The van der Waals surface area contributed by atoms with Crippen molar-refractivity contribution in [3.63, 3.8) is 0 Å². The van der Waals surface area contributed by atoms with Crippen molar-refractivity contribution >= 4 is 17.9 Å². The zero-order valence-electron chi connectivity index (χ0n) is 10.4. The van der Waals surface area contributed by atoms with Gasteiger partial charge in [0.25, 0.3) is 0 Å². The van der Waals surface area contributed by atoms with Crippen LogP contribution in [0.15, 0.2) is 0 Å². The molecule has 0 saturated carbocycles. The van der Waals surface area contributed by atoms with Gasteiger partial charge in [0.15, 0.2) is 0 Å². The molecule has 1 saturated heterocycles. The fourth-order valence-corrected chi connectivity index (χ4v) is 2.85. The second-order valence-corrected chi connectivity index (χ2v) is 6.14. The van der Waals surface area contributed by atoms with Crippen LogP contribution < -0.4 is 0 Å². The zero-order chi connectivity index (χ0) is 12.3. The quantitative estimate of drug-likeness (QED) is 0.811. The fraction of sp³-hybridized carbons (Fsp3) is 0.909. The highest BCUT2D eigenvalue weighted by molar-refractivity contribution is 8.00. The van der Waals surface area contributed by atoms with Crippen LogP contribution in [0.3, 0.4) is 0 Å². The summed E-state index contributed by atoms with van der Waals surface area (Å²) in [5.74, 6) is 0.862. The van der Waals surface area contributed by atoms with Gasteiger partial charge in [-0.05, 0) is 27.2 Å². The van der Waals surface area contributed by atoms with Crippen molar-refractivity contribution in [1.29, 1.82) is 0 Å². The number of aliphatic hydroxyl groups excluding tert-OH is 1. The van der Waals surface area contributed by atoms with Gasteiger partial charge in [0.2, 0.25) is 0 Å². The summed E-state index contributed by atoms with van der Waals surface area (Å²) in [6.07, 6.45) is -0.147. The number of hydrogen-bond donors (Lipinski definition) is 1. The van der Waals surface area contributed by atoms with Crippen molar-refractivity contribution in [2.75, 3.05) is 12.3 Å². The molecule has 2 atom stereocenters. The molecule has 1 fully saturated rings. The van der Waals surface area contributed by atoms with E-state index in [2.05, 4.69) is 0 Å². The second-order valence-electron chi connectivity index (χ2n) is 4.91. The summed E-state index contributed by atoms with van der Waals surface area (Å²) in [5.41, 5.74) is -0.480. The number of nitrogens with zero attached hydrogens (tertiary/aromatic N) is 1. The van der Waals surface area contributed by atoms with Gasteiger partial charge in [-0.3, -0.25) is 4.90 Å². The molecule has 1 aliphatic heterocycles. The molecule has 1 amide bonds. The summed E-state index contributed by atoms with van der Waals surface area (Å²) >= 11 is 1.61. The van der Waals surface area contributed by atoms with E-state index in [1.165, 1.54) is 0 Å². The zero-order valence-corrected chi connectivity index (χ0v) is 11.2. The monoisotopic (exact) mass is 247 g/mol. The van der Waals surface area contributed by atoms with Crippen molar-refractivity contribution in [2.24, 2.45) is 0 Å². The third-order valence-corrected chi connectivity index (χ3v) is 3.63. The van der Waals surface area contributed by atoms with Crippen molar-refractivity contribution in [3.8, 4) is 0 Å². The predicted octanol–water partition coefficient (Wildman–Crippen LogP) is 2.07. The lowest BCUT2D eigenvalue weighted by Crippen LogP contribution is -2.44. The summed E-state index contributed by atoms with van der Waals surface area (Å²) < 4.78 is 5.31. The van der Waals surface area contributed by atoms with Crippen molar-refractivity contribution in [3.05, 3.63) is 0 Å². The number of ether oxygens (including phenoxy) is 1. The average Bonchev–Trinajstić information content (AvgIpc) is 2.62. The summed E-state index contributed by atoms with van der Waals surface area (Å²) in [6, 6.07) is 0. The molecule has 1 rings (SSSR count). The lowest BCUT2D eigenvalue weighted by molar-refractivity contribution is 0.0132. The van der Waals surface area contributed by atoms with Crippen LogP contribution in [0.2, 0.25) is 0 Å².